The number of benzene rings is 3. The minimum Gasteiger partial charge on any atom is -0.497 e. The van der Waals surface area contributed by atoms with Gasteiger partial charge >= 0.3 is 0 Å². The highest BCUT2D eigenvalue weighted by Crippen LogP contribution is 2.68. The van der Waals surface area contributed by atoms with Crippen LogP contribution >= 0.6 is 0 Å². The Morgan fingerprint density at radius 2 is 1.70 bits per heavy atom. The summed E-state index contributed by atoms with van der Waals surface area (Å²) in [4.78, 5) is 29.7. The summed E-state index contributed by atoms with van der Waals surface area (Å²) in [5, 5.41) is 28.7. The van der Waals surface area contributed by atoms with Gasteiger partial charge in [0.15, 0.2) is 5.60 Å². The van der Waals surface area contributed by atoms with Gasteiger partial charge in [0, 0.05) is 30.2 Å². The highest BCUT2D eigenvalue weighted by Gasteiger charge is 2.76. The van der Waals surface area contributed by atoms with E-state index in [0.29, 0.717) is 47.6 Å². The molecular weight excluding hydrogens is 588 g/mol. The molecule has 10 nitrogen and oxygen atoms in total. The van der Waals surface area contributed by atoms with E-state index < -0.39 is 41.2 Å². The lowest BCUT2D eigenvalue weighted by atomic mass is 9.75. The van der Waals surface area contributed by atoms with E-state index in [1.54, 1.807) is 68.3 Å². The quantitative estimate of drug-likeness (QED) is 0.320. The number of hydrogen-bond acceptors (Lipinski definition) is 8. The Bertz CT molecular complexity index is 1660. The molecule has 2 aliphatic heterocycles. The summed E-state index contributed by atoms with van der Waals surface area (Å²) in [6, 6.07) is 19.6. The van der Waals surface area contributed by atoms with E-state index in [0.717, 1.165) is 0 Å². The zero-order valence-electron chi connectivity index (χ0n) is 26.7. The van der Waals surface area contributed by atoms with E-state index in [1.165, 1.54) is 14.2 Å². The Labute approximate surface area is 268 Å². The SMILES string of the molecule is C/C=C(/C)C(=O)N[C@H]1CCCN1C(=O)[C@@H]1[C@H](c2ccccc2)[C@]2(c3ccc(OC)cc3)Oc3cc(OC)cc(OC)c3[C@@]1(O)[C@@H]2O. The summed E-state index contributed by atoms with van der Waals surface area (Å²) >= 11 is 0. The van der Waals surface area contributed by atoms with Crippen LogP contribution in [-0.2, 0) is 20.8 Å². The van der Waals surface area contributed by atoms with Crippen LogP contribution in [0.2, 0.25) is 0 Å². The third kappa shape index (κ3) is 4.62. The van der Waals surface area contributed by atoms with Crippen molar-refractivity contribution < 1.29 is 38.7 Å². The predicted octanol–water partition coefficient (Wildman–Crippen LogP) is 3.99. The second kappa shape index (κ2) is 12.0. The average Bonchev–Trinajstić information content (AvgIpc) is 3.59. The molecule has 1 saturated heterocycles. The van der Waals surface area contributed by atoms with Gasteiger partial charge in [0.25, 0.3) is 0 Å². The van der Waals surface area contributed by atoms with Crippen LogP contribution in [0, 0.1) is 5.92 Å². The maximum Gasteiger partial charge on any atom is 0.248 e. The summed E-state index contributed by atoms with van der Waals surface area (Å²) in [6.45, 7) is 3.87. The topological polar surface area (TPSA) is 127 Å². The monoisotopic (exact) mass is 628 g/mol. The highest BCUT2D eigenvalue weighted by molar-refractivity contribution is 5.93. The molecule has 0 radical (unpaired) electrons. The first kappa shape index (κ1) is 31.4. The number of likely N-dealkylation sites (tertiary alicyclic amines) is 1. The number of ether oxygens (including phenoxy) is 4. The summed E-state index contributed by atoms with van der Waals surface area (Å²) in [5.74, 6) is -1.37. The first-order chi connectivity index (χ1) is 22.1. The summed E-state index contributed by atoms with van der Waals surface area (Å²) < 4.78 is 23.6. The van der Waals surface area contributed by atoms with Gasteiger partial charge in [-0.25, -0.2) is 0 Å². The number of aliphatic hydroxyl groups is 2. The highest BCUT2D eigenvalue weighted by atomic mass is 16.5. The molecule has 2 heterocycles. The largest absolute Gasteiger partial charge is 0.497 e. The molecule has 242 valence electrons. The maximum atomic E-state index is 15.1. The summed E-state index contributed by atoms with van der Waals surface area (Å²) in [6.07, 6.45) is 0.710. The van der Waals surface area contributed by atoms with Crippen molar-refractivity contribution in [3.05, 3.63) is 95.1 Å². The molecule has 46 heavy (non-hydrogen) atoms. The zero-order valence-corrected chi connectivity index (χ0v) is 26.7. The van der Waals surface area contributed by atoms with Crippen LogP contribution in [0.15, 0.2) is 78.4 Å². The average molecular weight is 629 g/mol. The molecule has 1 saturated carbocycles. The van der Waals surface area contributed by atoms with Crippen molar-refractivity contribution in [2.75, 3.05) is 27.9 Å². The zero-order chi connectivity index (χ0) is 32.8. The van der Waals surface area contributed by atoms with E-state index in [9.17, 15) is 15.0 Å². The van der Waals surface area contributed by atoms with Crippen LogP contribution in [0.3, 0.4) is 0 Å². The number of nitrogens with one attached hydrogen (secondary N) is 1. The predicted molar refractivity (Wildman–Crippen MR) is 170 cm³/mol. The number of carbonyl (C=O) groups excluding carboxylic acids is 2. The van der Waals surface area contributed by atoms with Crippen molar-refractivity contribution >= 4 is 11.8 Å². The Balaban J connectivity index is 1.61. The van der Waals surface area contributed by atoms with Gasteiger partial charge in [0.05, 0.1) is 32.8 Å². The second-order valence-corrected chi connectivity index (χ2v) is 12.1. The fraction of sp³-hybridized carbons (Fsp3) is 0.389. The molecular formula is C36H40N2O8. The van der Waals surface area contributed by atoms with Crippen LogP contribution in [0.5, 0.6) is 23.0 Å². The number of nitrogens with zero attached hydrogens (tertiary/aromatic N) is 1. The standard InChI is InChI=1S/C36H40N2O8/c1-6-21(2)32(39)37-28-13-10-18-38(28)33(40)31-29(22-11-8-7-9-12-22)36(23-14-16-24(43-3)17-15-23)34(41)35(31,42)30-26(45-5)19-25(44-4)20-27(30)46-36/h6-9,11-12,14-17,19-20,28-29,31,34,41-42H,10,13,18H2,1-5H3,(H,37,39)/b21-6-/t28-,29+,31+,34+,35+,36+/m1/s1. The van der Waals surface area contributed by atoms with Gasteiger partial charge in [-0.1, -0.05) is 48.5 Å². The Morgan fingerprint density at radius 1 is 1.00 bits per heavy atom. The maximum absolute atomic E-state index is 15.1. The van der Waals surface area contributed by atoms with Crippen molar-refractivity contribution in [2.24, 2.45) is 5.92 Å². The van der Waals surface area contributed by atoms with Crippen molar-refractivity contribution in [1.29, 1.82) is 0 Å². The molecule has 6 rings (SSSR count). The van der Waals surface area contributed by atoms with E-state index >= 15 is 4.79 Å². The number of amides is 2. The third-order valence-corrected chi connectivity index (χ3v) is 9.86. The Hall–Kier alpha value is -4.54. The lowest BCUT2D eigenvalue weighted by Gasteiger charge is -2.45. The minimum atomic E-state index is -2.18. The number of rotatable bonds is 8. The normalized spacial score (nSPS) is 28.2. The molecule has 3 aliphatic rings. The molecule has 0 aromatic heterocycles. The number of methoxy groups -OCH3 is 3. The van der Waals surface area contributed by atoms with Gasteiger partial charge in [-0.05, 0) is 49.9 Å². The summed E-state index contributed by atoms with van der Waals surface area (Å²) in [5.41, 5.74) is -1.88. The van der Waals surface area contributed by atoms with Crippen molar-refractivity contribution in [1.82, 2.24) is 10.2 Å². The fourth-order valence-corrected chi connectivity index (χ4v) is 7.52. The van der Waals surface area contributed by atoms with Gasteiger partial charge in [-0.2, -0.15) is 0 Å². The number of fused-ring (bicyclic) bond motifs is 4. The molecule has 0 unspecified atom stereocenters. The molecule has 3 aromatic carbocycles. The first-order valence-electron chi connectivity index (χ1n) is 15.4. The number of allylic oxidation sites excluding steroid dienone is 1. The molecule has 3 N–H and O–H groups in total. The molecule has 3 aromatic rings. The van der Waals surface area contributed by atoms with Crippen LogP contribution in [0.25, 0.3) is 0 Å². The molecule has 10 heteroatoms. The fourth-order valence-electron chi connectivity index (χ4n) is 7.52. The van der Waals surface area contributed by atoms with E-state index in [-0.39, 0.29) is 23.0 Å². The van der Waals surface area contributed by atoms with Crippen LogP contribution in [0.1, 0.15) is 49.3 Å². The molecule has 2 amide bonds. The number of aliphatic hydroxyl groups excluding tert-OH is 1. The van der Waals surface area contributed by atoms with E-state index in [4.69, 9.17) is 18.9 Å². The van der Waals surface area contributed by atoms with E-state index in [2.05, 4.69) is 5.32 Å². The summed E-state index contributed by atoms with van der Waals surface area (Å²) in [7, 11) is 4.52. The van der Waals surface area contributed by atoms with E-state index in [1.807, 2.05) is 30.3 Å². The molecule has 0 spiro atoms. The number of hydrogen-bond donors (Lipinski definition) is 3. The molecule has 6 atom stereocenters. The first-order valence-corrected chi connectivity index (χ1v) is 15.4. The van der Waals surface area contributed by atoms with Crippen LogP contribution < -0.4 is 24.3 Å². The Kier molecular flexibility index (Phi) is 8.20. The van der Waals surface area contributed by atoms with Crippen molar-refractivity contribution in [3.8, 4) is 23.0 Å². The van der Waals surface area contributed by atoms with Crippen LogP contribution in [0.4, 0.5) is 0 Å². The van der Waals surface area contributed by atoms with Gasteiger partial charge < -0.3 is 39.4 Å². The van der Waals surface area contributed by atoms with Crippen LogP contribution in [-0.4, -0.2) is 67.1 Å². The van der Waals surface area contributed by atoms with Crippen molar-refractivity contribution in [3.63, 3.8) is 0 Å². The van der Waals surface area contributed by atoms with Gasteiger partial charge in [0.2, 0.25) is 11.8 Å². The second-order valence-electron chi connectivity index (χ2n) is 12.1. The van der Waals surface area contributed by atoms with Gasteiger partial charge in [-0.15, -0.1) is 0 Å². The number of carbonyl (C=O) groups is 2. The molecule has 2 bridgehead atoms. The van der Waals surface area contributed by atoms with Crippen molar-refractivity contribution in [2.45, 2.75) is 56.1 Å². The minimum absolute atomic E-state index is 0.161. The lowest BCUT2D eigenvalue weighted by Crippen LogP contribution is -2.56. The van der Waals surface area contributed by atoms with Gasteiger partial charge in [0.1, 0.15) is 40.9 Å². The Morgan fingerprint density at radius 3 is 2.33 bits per heavy atom. The lowest BCUT2D eigenvalue weighted by molar-refractivity contribution is -0.167. The smallest absolute Gasteiger partial charge is 0.248 e. The molecule has 2 fully saturated rings. The third-order valence-electron chi connectivity index (χ3n) is 9.86. The van der Waals surface area contributed by atoms with Gasteiger partial charge in [-0.3, -0.25) is 9.59 Å². The molecule has 1 aliphatic carbocycles.